The number of nitrogens with zero attached hydrogens (tertiary/aromatic N) is 2. The molecular weight excluding hydrogens is 489 g/mol. The summed E-state index contributed by atoms with van der Waals surface area (Å²) in [5.41, 5.74) is 0. The van der Waals surface area contributed by atoms with E-state index in [9.17, 15) is 30.7 Å². The van der Waals surface area contributed by atoms with Crippen molar-refractivity contribution in [1.82, 2.24) is 8.61 Å². The van der Waals surface area contributed by atoms with Crippen LogP contribution in [0.1, 0.15) is 0 Å². The van der Waals surface area contributed by atoms with Crippen LogP contribution in [-0.2, 0) is 29.2 Å². The normalized spacial score (nSPS) is 21.1. The van der Waals surface area contributed by atoms with Crippen LogP contribution in [0.15, 0.2) is 52.3 Å². The molecule has 0 saturated carbocycles. The topological polar surface area (TPSA) is 114 Å². The quantitative estimate of drug-likeness (QED) is 0.570. The standard InChI is InChI=1S/C19H19F3N2O7S2/c20-19(21,22)31-14-1-3-15(4-2-14)32(25,26)23-7-9-24(10-8-23)33(27,28)16-5-6-17-18(13-16)30-12-11-29-17/h1-6,13H,7-12H2. The molecule has 4 rings (SSSR count). The van der Waals surface area contributed by atoms with Crippen LogP contribution in [0.2, 0.25) is 0 Å². The van der Waals surface area contributed by atoms with Gasteiger partial charge in [-0.25, -0.2) is 0 Å². The SMILES string of the molecule is O=[S+]([O-])(c1ccc(OC(F)(F)F)cc1)N1CCN([S+](=O)([O-])c2ccc3c(c2)OCCO3)CC1. The molecule has 0 spiro atoms. The van der Waals surface area contributed by atoms with Crippen LogP contribution in [0, 0.1) is 0 Å². The third kappa shape index (κ3) is 5.15. The molecular formula is C19H19F3N2O7S2. The van der Waals surface area contributed by atoms with Gasteiger partial charge < -0.3 is 23.3 Å². The molecule has 14 heteroatoms. The Kier molecular flexibility index (Phi) is 6.41. The van der Waals surface area contributed by atoms with Crippen LogP contribution in [0.5, 0.6) is 17.2 Å². The van der Waals surface area contributed by atoms with Crippen LogP contribution in [0.4, 0.5) is 13.2 Å². The molecule has 9 nitrogen and oxygen atoms in total. The van der Waals surface area contributed by atoms with Crippen molar-refractivity contribution in [3.63, 3.8) is 0 Å². The molecule has 33 heavy (non-hydrogen) atoms. The lowest BCUT2D eigenvalue weighted by Gasteiger charge is -2.36. The number of ether oxygens (including phenoxy) is 3. The molecule has 2 heterocycles. The first-order valence-electron chi connectivity index (χ1n) is 9.73. The predicted octanol–water partition coefficient (Wildman–Crippen LogP) is 2.48. The summed E-state index contributed by atoms with van der Waals surface area (Å²) in [4.78, 5) is -0.219. The highest BCUT2D eigenvalue weighted by Gasteiger charge is 2.40. The Morgan fingerprint density at radius 2 is 1.27 bits per heavy atom. The number of sulfonamides is 2. The summed E-state index contributed by atoms with van der Waals surface area (Å²) >= 11 is 0. The second-order valence-electron chi connectivity index (χ2n) is 7.13. The van der Waals surface area contributed by atoms with Gasteiger partial charge in [0.1, 0.15) is 19.0 Å². The molecule has 2 aromatic rings. The van der Waals surface area contributed by atoms with E-state index in [0.717, 1.165) is 28.6 Å². The number of piperazine rings is 1. The summed E-state index contributed by atoms with van der Waals surface area (Å²) in [7, 11) is -7.93. The van der Waals surface area contributed by atoms with E-state index in [1.54, 1.807) is 0 Å². The van der Waals surface area contributed by atoms with Crippen molar-refractivity contribution in [2.75, 3.05) is 39.4 Å². The van der Waals surface area contributed by atoms with E-state index in [2.05, 4.69) is 4.74 Å². The Morgan fingerprint density at radius 1 is 0.788 bits per heavy atom. The van der Waals surface area contributed by atoms with Crippen LogP contribution >= 0.6 is 0 Å². The van der Waals surface area contributed by atoms with Crippen molar-refractivity contribution < 1.29 is 44.9 Å². The monoisotopic (exact) mass is 508 g/mol. The maximum absolute atomic E-state index is 13.0. The van der Waals surface area contributed by atoms with Gasteiger partial charge >= 0.3 is 6.36 Å². The zero-order chi connectivity index (χ0) is 23.9. The fraction of sp³-hybridized carbons (Fsp3) is 0.368. The van der Waals surface area contributed by atoms with E-state index in [4.69, 9.17) is 9.47 Å². The Hall–Kier alpha value is -2.23. The van der Waals surface area contributed by atoms with Gasteiger partial charge in [-0.1, -0.05) is 8.42 Å². The summed E-state index contributed by atoms with van der Waals surface area (Å²) in [5, 5.41) is 0. The Balaban J connectivity index is 1.43. The molecule has 0 bridgehead atoms. The van der Waals surface area contributed by atoms with E-state index < -0.39 is 32.9 Å². The van der Waals surface area contributed by atoms with Crippen LogP contribution in [0.3, 0.4) is 0 Å². The molecule has 2 atom stereocenters. The van der Waals surface area contributed by atoms with E-state index >= 15 is 0 Å². The second kappa shape index (κ2) is 8.85. The van der Waals surface area contributed by atoms with E-state index in [1.165, 1.54) is 22.5 Å². The van der Waals surface area contributed by atoms with Crippen molar-refractivity contribution in [1.29, 1.82) is 0 Å². The predicted molar refractivity (Wildman–Crippen MR) is 108 cm³/mol. The molecule has 1 fully saturated rings. The van der Waals surface area contributed by atoms with Crippen LogP contribution < -0.4 is 14.2 Å². The lowest BCUT2D eigenvalue weighted by molar-refractivity contribution is -0.274. The zero-order valence-electron chi connectivity index (χ0n) is 17.0. The lowest BCUT2D eigenvalue weighted by atomic mass is 10.3. The van der Waals surface area contributed by atoms with Crippen LogP contribution in [0.25, 0.3) is 0 Å². The van der Waals surface area contributed by atoms with Crippen molar-refractivity contribution >= 4 is 20.8 Å². The van der Waals surface area contributed by atoms with Gasteiger partial charge in [0, 0.05) is 6.07 Å². The molecule has 0 amide bonds. The molecule has 2 unspecified atom stereocenters. The Bertz CT molecular complexity index is 1110. The van der Waals surface area contributed by atoms with Gasteiger partial charge in [0.25, 0.3) is 0 Å². The average molecular weight is 508 g/mol. The molecule has 2 aromatic carbocycles. The summed E-state index contributed by atoms with van der Waals surface area (Å²) in [5.74, 6) is 0.223. The molecule has 2 aliphatic rings. The zero-order valence-corrected chi connectivity index (χ0v) is 18.6. The fourth-order valence-electron chi connectivity index (χ4n) is 3.45. The summed E-state index contributed by atoms with van der Waals surface area (Å²) in [6.45, 7) is 0.250. The average Bonchev–Trinajstić information content (AvgIpc) is 2.78. The van der Waals surface area contributed by atoms with Crippen LogP contribution in [-0.4, -0.2) is 63.5 Å². The summed E-state index contributed by atoms with van der Waals surface area (Å²) < 4.78 is 105. The molecule has 0 aromatic heterocycles. The minimum absolute atomic E-state index is 0.00307. The van der Waals surface area contributed by atoms with E-state index in [0.29, 0.717) is 24.7 Å². The molecule has 1 saturated heterocycles. The van der Waals surface area contributed by atoms with Gasteiger partial charge in [0.15, 0.2) is 42.1 Å². The minimum atomic E-state index is -4.89. The van der Waals surface area contributed by atoms with Crippen molar-refractivity contribution in [2.45, 2.75) is 16.2 Å². The van der Waals surface area contributed by atoms with Crippen molar-refractivity contribution in [2.24, 2.45) is 0 Å². The highest BCUT2D eigenvalue weighted by atomic mass is 32.3. The Labute approximate surface area is 189 Å². The number of rotatable bonds is 5. The lowest BCUT2D eigenvalue weighted by Crippen LogP contribution is -2.53. The maximum atomic E-state index is 13.0. The molecule has 2 aliphatic heterocycles. The number of halogens is 3. The number of fused-ring (bicyclic) bond motifs is 1. The summed E-state index contributed by atoms with van der Waals surface area (Å²) in [6, 6.07) is 8.11. The fourth-order valence-corrected chi connectivity index (χ4v) is 6.31. The largest absolute Gasteiger partial charge is 0.593 e. The number of alkyl halides is 3. The first-order valence-corrected chi connectivity index (χ1v) is 12.6. The van der Waals surface area contributed by atoms with Crippen molar-refractivity contribution in [3.05, 3.63) is 42.5 Å². The number of hydrogen-bond donors (Lipinski definition) is 0. The molecule has 0 aliphatic carbocycles. The number of benzene rings is 2. The van der Waals surface area contributed by atoms with Crippen molar-refractivity contribution in [3.8, 4) is 17.2 Å². The second-order valence-corrected chi connectivity index (χ2v) is 11.0. The van der Waals surface area contributed by atoms with E-state index in [-0.39, 0.29) is 36.0 Å². The third-order valence-corrected chi connectivity index (χ3v) is 8.85. The smallest absolute Gasteiger partial charge is 0.573 e. The third-order valence-electron chi connectivity index (χ3n) is 5.04. The highest BCUT2D eigenvalue weighted by molar-refractivity contribution is 7.96. The number of hydrogen-bond acceptors (Lipinski definition) is 7. The molecule has 0 N–H and O–H groups in total. The van der Waals surface area contributed by atoms with Gasteiger partial charge in [-0.3, -0.25) is 0 Å². The maximum Gasteiger partial charge on any atom is 0.573 e. The first-order chi connectivity index (χ1) is 15.5. The van der Waals surface area contributed by atoms with Gasteiger partial charge in [-0.05, 0) is 36.4 Å². The van der Waals surface area contributed by atoms with Gasteiger partial charge in [0.2, 0.25) is 0 Å². The van der Waals surface area contributed by atoms with Gasteiger partial charge in [-0.2, -0.15) is 0 Å². The minimum Gasteiger partial charge on any atom is -0.593 e. The molecule has 0 radical (unpaired) electrons. The first kappa shape index (κ1) is 23.9. The Morgan fingerprint density at radius 3 is 1.82 bits per heavy atom. The van der Waals surface area contributed by atoms with Gasteiger partial charge in [0.05, 0.1) is 26.2 Å². The van der Waals surface area contributed by atoms with E-state index in [1.807, 2.05) is 0 Å². The summed E-state index contributed by atoms with van der Waals surface area (Å²) in [6.07, 6.45) is -4.89. The van der Waals surface area contributed by atoms with Gasteiger partial charge in [-0.15, -0.1) is 21.8 Å². The highest BCUT2D eigenvalue weighted by Crippen LogP contribution is 2.35. The molecule has 180 valence electrons.